The van der Waals surface area contributed by atoms with E-state index in [1.165, 1.54) is 6.07 Å². The monoisotopic (exact) mass is 294 g/mol. The minimum Gasteiger partial charge on any atom is -0.478 e. The molecule has 2 amide bonds. The molecule has 1 heterocycles. The maximum absolute atomic E-state index is 11.9. The van der Waals surface area contributed by atoms with Gasteiger partial charge in [0.1, 0.15) is 0 Å². The lowest BCUT2D eigenvalue weighted by Gasteiger charge is -2.22. The van der Waals surface area contributed by atoms with Crippen molar-refractivity contribution in [2.45, 2.75) is 25.8 Å². The molecule has 0 aromatic heterocycles. The van der Waals surface area contributed by atoms with Crippen LogP contribution in [0.2, 0.25) is 0 Å². The summed E-state index contributed by atoms with van der Waals surface area (Å²) in [5.41, 5.74) is 1.37. The average molecular weight is 294 g/mol. The number of carbonyl (C=O) groups is 2. The van der Waals surface area contributed by atoms with Crippen LogP contribution in [0.25, 0.3) is 0 Å². The number of rotatable bonds is 3. The van der Waals surface area contributed by atoms with Crippen molar-refractivity contribution in [1.29, 1.82) is 0 Å². The van der Waals surface area contributed by atoms with Gasteiger partial charge in [-0.2, -0.15) is 11.8 Å². The molecule has 0 aliphatic carbocycles. The first-order valence-electron chi connectivity index (χ1n) is 6.55. The second-order valence-electron chi connectivity index (χ2n) is 4.85. The topological polar surface area (TPSA) is 78.4 Å². The molecule has 1 unspecified atom stereocenters. The highest BCUT2D eigenvalue weighted by Crippen LogP contribution is 2.18. The van der Waals surface area contributed by atoms with E-state index >= 15 is 0 Å². The molecule has 20 heavy (non-hydrogen) atoms. The zero-order valence-electron chi connectivity index (χ0n) is 11.3. The van der Waals surface area contributed by atoms with Crippen LogP contribution < -0.4 is 10.6 Å². The molecule has 1 aromatic rings. The summed E-state index contributed by atoms with van der Waals surface area (Å²) in [5, 5.41) is 14.7. The molecule has 1 fully saturated rings. The molecule has 5 nitrogen and oxygen atoms in total. The molecule has 0 radical (unpaired) electrons. The van der Waals surface area contributed by atoms with Gasteiger partial charge in [-0.1, -0.05) is 6.07 Å². The molecule has 108 valence electrons. The van der Waals surface area contributed by atoms with Crippen LogP contribution >= 0.6 is 11.8 Å². The van der Waals surface area contributed by atoms with Gasteiger partial charge in [0, 0.05) is 17.5 Å². The molecule has 3 N–H and O–H groups in total. The number of aromatic carboxylic acids is 1. The number of urea groups is 1. The summed E-state index contributed by atoms with van der Waals surface area (Å²) in [6.45, 7) is 1.73. The Balaban J connectivity index is 1.96. The van der Waals surface area contributed by atoms with Gasteiger partial charge >= 0.3 is 12.0 Å². The predicted octanol–water partition coefficient (Wildman–Crippen LogP) is 2.71. The van der Waals surface area contributed by atoms with Crippen LogP contribution in [0.4, 0.5) is 10.5 Å². The molecule has 1 atom stereocenters. The number of carboxylic acids is 1. The molecule has 0 saturated carbocycles. The van der Waals surface area contributed by atoms with E-state index in [2.05, 4.69) is 10.6 Å². The number of carboxylic acid groups (broad SMARTS) is 1. The summed E-state index contributed by atoms with van der Waals surface area (Å²) in [7, 11) is 0. The summed E-state index contributed by atoms with van der Waals surface area (Å²) in [6, 6.07) is 4.79. The molecule has 1 aliphatic rings. The Hall–Kier alpha value is -1.69. The number of benzene rings is 1. The number of aryl methyl sites for hydroxylation is 1. The first-order chi connectivity index (χ1) is 9.56. The third-order valence-electron chi connectivity index (χ3n) is 3.22. The van der Waals surface area contributed by atoms with E-state index in [-0.39, 0.29) is 17.6 Å². The lowest BCUT2D eigenvalue weighted by molar-refractivity contribution is 0.0696. The van der Waals surface area contributed by atoms with E-state index in [4.69, 9.17) is 5.11 Å². The summed E-state index contributed by atoms with van der Waals surface area (Å²) in [6.07, 6.45) is 2.11. The molecule has 0 spiro atoms. The van der Waals surface area contributed by atoms with Gasteiger partial charge in [0.25, 0.3) is 0 Å². The van der Waals surface area contributed by atoms with Crippen LogP contribution in [-0.2, 0) is 0 Å². The molecule has 0 bridgehead atoms. The van der Waals surface area contributed by atoms with Gasteiger partial charge in [0.2, 0.25) is 0 Å². The van der Waals surface area contributed by atoms with Gasteiger partial charge in [0.15, 0.2) is 0 Å². The van der Waals surface area contributed by atoms with Gasteiger partial charge < -0.3 is 15.7 Å². The Bertz CT molecular complexity index is 513. The quantitative estimate of drug-likeness (QED) is 0.801. The van der Waals surface area contributed by atoms with Crippen LogP contribution in [0, 0.1) is 6.92 Å². The normalized spacial score (nSPS) is 18.4. The van der Waals surface area contributed by atoms with Crippen LogP contribution in [0.5, 0.6) is 0 Å². The van der Waals surface area contributed by atoms with Gasteiger partial charge in [-0.25, -0.2) is 9.59 Å². The van der Waals surface area contributed by atoms with Gasteiger partial charge in [-0.05, 0) is 43.2 Å². The van der Waals surface area contributed by atoms with Gasteiger partial charge in [-0.3, -0.25) is 0 Å². The fourth-order valence-corrected chi connectivity index (χ4v) is 3.21. The average Bonchev–Trinajstić information content (AvgIpc) is 2.41. The maximum atomic E-state index is 11.9. The Morgan fingerprint density at radius 2 is 2.20 bits per heavy atom. The summed E-state index contributed by atoms with van der Waals surface area (Å²) in [5.74, 6) is 1.09. The Kier molecular flexibility index (Phi) is 4.89. The number of hydrogen-bond donors (Lipinski definition) is 3. The van der Waals surface area contributed by atoms with Crippen molar-refractivity contribution in [2.75, 3.05) is 16.8 Å². The number of carbonyl (C=O) groups excluding carboxylic acids is 1. The van der Waals surface area contributed by atoms with Crippen molar-refractivity contribution in [1.82, 2.24) is 5.32 Å². The van der Waals surface area contributed by atoms with Crippen molar-refractivity contribution >= 4 is 29.4 Å². The fraction of sp³-hybridized carbons (Fsp3) is 0.429. The highest BCUT2D eigenvalue weighted by Gasteiger charge is 2.16. The standard InChI is InChI=1S/C14H18N2O3S/c1-9-4-5-10(7-12(9)13(17)18)15-14(19)16-11-3-2-6-20-8-11/h4-5,7,11H,2-3,6,8H2,1H3,(H,17,18)(H2,15,16,19). The van der Waals surface area contributed by atoms with Crippen LogP contribution in [0.15, 0.2) is 18.2 Å². The third kappa shape index (κ3) is 3.90. The Labute approximate surface area is 122 Å². The van der Waals surface area contributed by atoms with Crippen LogP contribution in [0.3, 0.4) is 0 Å². The number of anilines is 1. The molecule has 1 aromatic carbocycles. The van der Waals surface area contributed by atoms with Crippen molar-refractivity contribution in [3.8, 4) is 0 Å². The second-order valence-corrected chi connectivity index (χ2v) is 6.00. The SMILES string of the molecule is Cc1ccc(NC(=O)NC2CCCSC2)cc1C(=O)O. The molecule has 1 saturated heterocycles. The second kappa shape index (κ2) is 6.65. The zero-order chi connectivity index (χ0) is 14.5. The summed E-state index contributed by atoms with van der Waals surface area (Å²) < 4.78 is 0. The van der Waals surface area contributed by atoms with E-state index in [1.54, 1.807) is 19.1 Å². The van der Waals surface area contributed by atoms with E-state index in [0.29, 0.717) is 11.3 Å². The maximum Gasteiger partial charge on any atom is 0.336 e. The smallest absolute Gasteiger partial charge is 0.336 e. The molecule has 6 heteroatoms. The summed E-state index contributed by atoms with van der Waals surface area (Å²) >= 11 is 1.84. The Morgan fingerprint density at radius 1 is 1.40 bits per heavy atom. The fourth-order valence-electron chi connectivity index (χ4n) is 2.14. The number of thioether (sulfide) groups is 1. The van der Waals surface area contributed by atoms with E-state index < -0.39 is 5.97 Å². The number of nitrogens with one attached hydrogen (secondary N) is 2. The van der Waals surface area contributed by atoms with E-state index in [1.807, 2.05) is 11.8 Å². The molecule has 2 rings (SSSR count). The van der Waals surface area contributed by atoms with E-state index in [0.717, 1.165) is 24.3 Å². The van der Waals surface area contributed by atoms with Crippen molar-refractivity contribution in [3.05, 3.63) is 29.3 Å². The highest BCUT2D eigenvalue weighted by atomic mass is 32.2. The highest BCUT2D eigenvalue weighted by molar-refractivity contribution is 7.99. The minimum atomic E-state index is -0.991. The van der Waals surface area contributed by atoms with Crippen molar-refractivity contribution < 1.29 is 14.7 Å². The zero-order valence-corrected chi connectivity index (χ0v) is 12.1. The predicted molar refractivity (Wildman–Crippen MR) is 80.6 cm³/mol. The number of amides is 2. The minimum absolute atomic E-state index is 0.193. The molecule has 1 aliphatic heterocycles. The van der Waals surface area contributed by atoms with Crippen LogP contribution in [0.1, 0.15) is 28.8 Å². The lowest BCUT2D eigenvalue weighted by atomic mass is 10.1. The third-order valence-corrected chi connectivity index (χ3v) is 4.44. The van der Waals surface area contributed by atoms with Crippen molar-refractivity contribution in [2.24, 2.45) is 0 Å². The van der Waals surface area contributed by atoms with Crippen LogP contribution in [-0.4, -0.2) is 34.7 Å². The molecular formula is C14H18N2O3S. The largest absolute Gasteiger partial charge is 0.478 e. The van der Waals surface area contributed by atoms with Gasteiger partial charge in [-0.15, -0.1) is 0 Å². The lowest BCUT2D eigenvalue weighted by Crippen LogP contribution is -2.40. The summed E-state index contributed by atoms with van der Waals surface area (Å²) in [4.78, 5) is 22.9. The van der Waals surface area contributed by atoms with E-state index in [9.17, 15) is 9.59 Å². The first-order valence-corrected chi connectivity index (χ1v) is 7.71. The Morgan fingerprint density at radius 3 is 2.85 bits per heavy atom. The van der Waals surface area contributed by atoms with Crippen molar-refractivity contribution in [3.63, 3.8) is 0 Å². The van der Waals surface area contributed by atoms with Gasteiger partial charge in [0.05, 0.1) is 5.56 Å². The molecular weight excluding hydrogens is 276 g/mol. The number of hydrogen-bond acceptors (Lipinski definition) is 3. The first kappa shape index (κ1) is 14.7.